The van der Waals surface area contributed by atoms with E-state index in [0.717, 1.165) is 21.9 Å². The van der Waals surface area contributed by atoms with Crippen molar-refractivity contribution in [1.82, 2.24) is 9.88 Å². The van der Waals surface area contributed by atoms with E-state index in [1.165, 1.54) is 17.6 Å². The number of rotatable bonds is 6. The standard InChI is InChI=1S/C21H22N2O4S2/c1-14(15-7-11-18(12-8-15)29(4,25)26)23(2)21(24)19-13-28-20(22-19)16-5-9-17(27-3)10-6-16/h5-14H,1-4H3. The Morgan fingerprint density at radius 1 is 1.10 bits per heavy atom. The highest BCUT2D eigenvalue weighted by atomic mass is 32.2. The minimum atomic E-state index is -3.25. The van der Waals surface area contributed by atoms with Crippen LogP contribution in [0.25, 0.3) is 10.6 Å². The molecular weight excluding hydrogens is 408 g/mol. The lowest BCUT2D eigenvalue weighted by Crippen LogP contribution is -2.29. The Morgan fingerprint density at radius 2 is 1.72 bits per heavy atom. The zero-order valence-corrected chi connectivity index (χ0v) is 18.3. The van der Waals surface area contributed by atoms with Gasteiger partial charge in [0.15, 0.2) is 9.84 Å². The average Bonchev–Trinajstić information content (AvgIpc) is 3.22. The molecule has 29 heavy (non-hydrogen) atoms. The normalized spacial score (nSPS) is 12.4. The van der Waals surface area contributed by atoms with Gasteiger partial charge >= 0.3 is 0 Å². The summed E-state index contributed by atoms with van der Waals surface area (Å²) < 4.78 is 28.4. The molecule has 0 aliphatic heterocycles. The molecule has 0 radical (unpaired) electrons. The molecule has 0 fully saturated rings. The summed E-state index contributed by atoms with van der Waals surface area (Å²) in [5.74, 6) is 0.567. The van der Waals surface area contributed by atoms with Gasteiger partial charge in [-0.2, -0.15) is 0 Å². The Kier molecular flexibility index (Phi) is 6.04. The molecule has 0 saturated carbocycles. The fraction of sp³-hybridized carbons (Fsp3) is 0.238. The van der Waals surface area contributed by atoms with E-state index < -0.39 is 9.84 Å². The molecule has 8 heteroatoms. The number of nitrogens with zero attached hydrogens (tertiary/aromatic N) is 2. The van der Waals surface area contributed by atoms with Gasteiger partial charge in [-0.3, -0.25) is 4.79 Å². The van der Waals surface area contributed by atoms with Crippen molar-refractivity contribution in [2.75, 3.05) is 20.4 Å². The molecule has 0 bridgehead atoms. The van der Waals surface area contributed by atoms with Crippen LogP contribution in [0.4, 0.5) is 0 Å². The molecule has 1 atom stereocenters. The summed E-state index contributed by atoms with van der Waals surface area (Å²) in [6, 6.07) is 13.9. The van der Waals surface area contributed by atoms with Crippen LogP contribution in [0.2, 0.25) is 0 Å². The highest BCUT2D eigenvalue weighted by molar-refractivity contribution is 7.90. The Labute approximate surface area is 174 Å². The molecule has 0 aliphatic rings. The van der Waals surface area contributed by atoms with Gasteiger partial charge in [0.2, 0.25) is 0 Å². The van der Waals surface area contributed by atoms with Crippen LogP contribution < -0.4 is 4.74 Å². The molecule has 3 aromatic rings. The number of ether oxygens (including phenoxy) is 1. The number of amides is 1. The predicted octanol–water partition coefficient (Wildman–Crippen LogP) is 4.06. The topological polar surface area (TPSA) is 76.6 Å². The van der Waals surface area contributed by atoms with Gasteiger partial charge in [0.25, 0.3) is 5.91 Å². The molecule has 1 heterocycles. The molecule has 3 rings (SSSR count). The van der Waals surface area contributed by atoms with Crippen molar-refractivity contribution in [3.05, 3.63) is 65.2 Å². The second-order valence-corrected chi connectivity index (χ2v) is 9.57. The third-order valence-electron chi connectivity index (χ3n) is 4.75. The smallest absolute Gasteiger partial charge is 0.273 e. The average molecular weight is 431 g/mol. The Balaban J connectivity index is 1.76. The SMILES string of the molecule is COc1ccc(-c2nc(C(=O)N(C)C(C)c3ccc(S(C)(=O)=O)cc3)cs2)cc1. The van der Waals surface area contributed by atoms with Crippen LogP contribution in [-0.2, 0) is 9.84 Å². The lowest BCUT2D eigenvalue weighted by molar-refractivity contribution is 0.0737. The number of thiazole rings is 1. The first-order chi connectivity index (χ1) is 13.7. The first-order valence-electron chi connectivity index (χ1n) is 8.88. The molecule has 0 saturated heterocycles. The fourth-order valence-electron chi connectivity index (χ4n) is 2.81. The van der Waals surface area contributed by atoms with E-state index in [4.69, 9.17) is 4.74 Å². The quantitative estimate of drug-likeness (QED) is 0.590. The van der Waals surface area contributed by atoms with Gasteiger partial charge < -0.3 is 9.64 Å². The first kappa shape index (κ1) is 21.0. The van der Waals surface area contributed by atoms with Crippen molar-refractivity contribution >= 4 is 27.1 Å². The van der Waals surface area contributed by atoms with Crippen LogP contribution in [-0.4, -0.2) is 44.6 Å². The summed E-state index contributed by atoms with van der Waals surface area (Å²) in [5.41, 5.74) is 2.14. The number of aromatic nitrogens is 1. The van der Waals surface area contributed by atoms with Gasteiger partial charge in [0.05, 0.1) is 18.0 Å². The summed E-state index contributed by atoms with van der Waals surface area (Å²) in [6.45, 7) is 1.89. The Morgan fingerprint density at radius 3 is 2.28 bits per heavy atom. The third kappa shape index (κ3) is 4.65. The molecule has 0 N–H and O–H groups in total. The predicted molar refractivity (Wildman–Crippen MR) is 114 cm³/mol. The van der Waals surface area contributed by atoms with Gasteiger partial charge in [-0.05, 0) is 48.9 Å². The molecule has 6 nitrogen and oxygen atoms in total. The zero-order chi connectivity index (χ0) is 21.2. The van der Waals surface area contributed by atoms with Crippen molar-refractivity contribution in [3.63, 3.8) is 0 Å². The van der Waals surface area contributed by atoms with E-state index in [2.05, 4.69) is 4.98 Å². The Bertz CT molecular complexity index is 1100. The summed E-state index contributed by atoms with van der Waals surface area (Å²) in [7, 11) is 0.0742. The van der Waals surface area contributed by atoms with E-state index >= 15 is 0 Å². The molecular formula is C21H22N2O4S2. The van der Waals surface area contributed by atoms with Crippen LogP contribution in [0.1, 0.15) is 29.0 Å². The summed E-state index contributed by atoms with van der Waals surface area (Å²) in [4.78, 5) is 19.2. The van der Waals surface area contributed by atoms with E-state index in [0.29, 0.717) is 5.69 Å². The maximum Gasteiger partial charge on any atom is 0.273 e. The van der Waals surface area contributed by atoms with Gasteiger partial charge in [-0.1, -0.05) is 12.1 Å². The van der Waals surface area contributed by atoms with Gasteiger partial charge in [0, 0.05) is 24.2 Å². The van der Waals surface area contributed by atoms with Gasteiger partial charge in [-0.15, -0.1) is 11.3 Å². The molecule has 1 aromatic heterocycles. The highest BCUT2D eigenvalue weighted by Crippen LogP contribution is 2.28. The second-order valence-electron chi connectivity index (χ2n) is 6.70. The van der Waals surface area contributed by atoms with Crippen molar-refractivity contribution in [2.45, 2.75) is 17.9 Å². The summed E-state index contributed by atoms with van der Waals surface area (Å²) >= 11 is 1.41. The summed E-state index contributed by atoms with van der Waals surface area (Å²) in [5, 5.41) is 2.51. The lowest BCUT2D eigenvalue weighted by Gasteiger charge is -2.24. The summed E-state index contributed by atoms with van der Waals surface area (Å²) in [6.07, 6.45) is 1.17. The number of benzene rings is 2. The highest BCUT2D eigenvalue weighted by Gasteiger charge is 2.22. The number of carbonyl (C=O) groups is 1. The molecule has 152 valence electrons. The van der Waals surface area contributed by atoms with E-state index in [9.17, 15) is 13.2 Å². The molecule has 0 aliphatic carbocycles. The number of hydrogen-bond acceptors (Lipinski definition) is 6. The van der Waals surface area contributed by atoms with Crippen LogP contribution in [0, 0.1) is 0 Å². The fourth-order valence-corrected chi connectivity index (χ4v) is 4.24. The minimum Gasteiger partial charge on any atom is -0.497 e. The van der Waals surface area contributed by atoms with Crippen molar-refractivity contribution in [2.24, 2.45) is 0 Å². The van der Waals surface area contributed by atoms with Crippen molar-refractivity contribution in [1.29, 1.82) is 0 Å². The first-order valence-corrected chi connectivity index (χ1v) is 11.6. The van der Waals surface area contributed by atoms with E-state index in [1.807, 2.05) is 31.2 Å². The van der Waals surface area contributed by atoms with Crippen LogP contribution in [0.3, 0.4) is 0 Å². The van der Waals surface area contributed by atoms with Crippen LogP contribution in [0.15, 0.2) is 58.8 Å². The lowest BCUT2D eigenvalue weighted by atomic mass is 10.1. The number of sulfone groups is 1. The maximum absolute atomic E-state index is 12.9. The minimum absolute atomic E-state index is 0.194. The van der Waals surface area contributed by atoms with Crippen LogP contribution >= 0.6 is 11.3 Å². The number of hydrogen-bond donors (Lipinski definition) is 0. The van der Waals surface area contributed by atoms with Gasteiger partial charge in [0.1, 0.15) is 16.5 Å². The van der Waals surface area contributed by atoms with Crippen molar-refractivity contribution in [3.8, 4) is 16.3 Å². The maximum atomic E-state index is 12.9. The van der Waals surface area contributed by atoms with Crippen molar-refractivity contribution < 1.29 is 17.9 Å². The third-order valence-corrected chi connectivity index (χ3v) is 6.77. The van der Waals surface area contributed by atoms with E-state index in [1.54, 1.807) is 48.7 Å². The molecule has 1 amide bonds. The number of carbonyl (C=O) groups excluding carboxylic acids is 1. The second kappa shape index (κ2) is 8.34. The van der Waals surface area contributed by atoms with Crippen LogP contribution in [0.5, 0.6) is 5.75 Å². The van der Waals surface area contributed by atoms with Gasteiger partial charge in [-0.25, -0.2) is 13.4 Å². The molecule has 1 unspecified atom stereocenters. The Hall–Kier alpha value is -2.71. The monoisotopic (exact) mass is 430 g/mol. The molecule has 0 spiro atoms. The number of methoxy groups -OCH3 is 1. The zero-order valence-electron chi connectivity index (χ0n) is 16.6. The van der Waals surface area contributed by atoms with E-state index in [-0.39, 0.29) is 16.8 Å². The molecule has 2 aromatic carbocycles. The largest absolute Gasteiger partial charge is 0.497 e.